The molecule has 2 N–H and O–H groups in total. The Kier molecular flexibility index (Phi) is 8.20. The molecule has 1 saturated heterocycles. The highest BCUT2D eigenvalue weighted by Gasteiger charge is 2.25. The number of pyridine rings is 1. The lowest BCUT2D eigenvalue weighted by Gasteiger charge is -2.31. The molecule has 2 aliphatic heterocycles. The van der Waals surface area contributed by atoms with Crippen LogP contribution in [0.1, 0.15) is 39.2 Å². The second-order valence-electron chi connectivity index (χ2n) is 10.6. The highest BCUT2D eigenvalue weighted by atomic mass is 16.5. The Morgan fingerprint density at radius 3 is 2.76 bits per heavy atom. The van der Waals surface area contributed by atoms with Crippen molar-refractivity contribution in [3.8, 4) is 40.0 Å². The van der Waals surface area contributed by atoms with Crippen molar-refractivity contribution >= 4 is 11.6 Å². The van der Waals surface area contributed by atoms with Gasteiger partial charge in [0.05, 0.1) is 43.7 Å². The van der Waals surface area contributed by atoms with Crippen molar-refractivity contribution in [1.82, 2.24) is 39.4 Å². The predicted molar refractivity (Wildman–Crippen MR) is 156 cm³/mol. The Morgan fingerprint density at radius 1 is 1.10 bits per heavy atom. The number of aliphatic hydroxyl groups excluding tert-OH is 1. The summed E-state index contributed by atoms with van der Waals surface area (Å²) >= 11 is 0. The molecule has 4 aromatic heterocycles. The quantitative estimate of drug-likeness (QED) is 0.350. The molecule has 0 amide bonds. The van der Waals surface area contributed by atoms with Gasteiger partial charge in [0.15, 0.2) is 5.82 Å². The van der Waals surface area contributed by atoms with Crippen molar-refractivity contribution in [2.45, 2.75) is 45.3 Å². The van der Waals surface area contributed by atoms with Crippen LogP contribution in [-0.2, 0) is 7.05 Å². The van der Waals surface area contributed by atoms with Crippen LogP contribution in [0.4, 0.5) is 11.6 Å². The summed E-state index contributed by atoms with van der Waals surface area (Å²) in [7, 11) is 1.83. The van der Waals surface area contributed by atoms with Crippen LogP contribution in [0.3, 0.4) is 0 Å². The topological polar surface area (TPSA) is 138 Å². The van der Waals surface area contributed by atoms with Crippen LogP contribution in [0.5, 0.6) is 17.5 Å². The zero-order valence-electron chi connectivity index (χ0n) is 24.2. The first-order valence-electron chi connectivity index (χ1n) is 14.5. The van der Waals surface area contributed by atoms with Crippen molar-refractivity contribution in [2.75, 3.05) is 44.8 Å². The number of fused-ring (bicyclic) bond motifs is 6. The first kappa shape index (κ1) is 27.9. The van der Waals surface area contributed by atoms with E-state index in [0.717, 1.165) is 42.6 Å². The van der Waals surface area contributed by atoms with Gasteiger partial charge < -0.3 is 29.5 Å². The predicted octanol–water partition coefficient (Wildman–Crippen LogP) is 3.46. The molecule has 13 heteroatoms. The summed E-state index contributed by atoms with van der Waals surface area (Å²) in [5, 5.41) is 21.8. The molecule has 4 aromatic rings. The summed E-state index contributed by atoms with van der Waals surface area (Å²) < 4.78 is 22.4. The number of hydrogen-bond donors (Lipinski definition) is 2. The zero-order valence-corrected chi connectivity index (χ0v) is 24.2. The number of β-amino-alcohol motifs (C(OH)–C–C–N with tert-alkyl or cyclic N) is 1. The van der Waals surface area contributed by atoms with E-state index in [9.17, 15) is 5.11 Å². The van der Waals surface area contributed by atoms with E-state index < -0.39 is 0 Å². The second-order valence-corrected chi connectivity index (χ2v) is 10.6. The number of aromatic nitrogens is 7. The molecule has 1 fully saturated rings. The van der Waals surface area contributed by atoms with E-state index in [2.05, 4.69) is 25.3 Å². The van der Waals surface area contributed by atoms with E-state index in [1.807, 2.05) is 37.8 Å². The molecule has 0 radical (unpaired) electrons. The number of likely N-dealkylation sites (tertiary alicyclic amines) is 1. The zero-order chi connectivity index (χ0) is 29.1. The SMILES string of the molecule is CCOc1nn(C2CCN(CCO)CC2)cc1-c1cnc2cc1O[C@@H](C)CCOc1c(cnn1C)-c1nccc(n1)N2. The molecule has 0 aromatic carbocycles. The Labute approximate surface area is 244 Å². The number of aliphatic hydroxyl groups is 1. The molecule has 222 valence electrons. The van der Waals surface area contributed by atoms with Crippen LogP contribution in [0.15, 0.2) is 36.9 Å². The van der Waals surface area contributed by atoms with Gasteiger partial charge in [-0.3, -0.25) is 4.68 Å². The van der Waals surface area contributed by atoms with Crippen LogP contribution in [0.2, 0.25) is 0 Å². The summed E-state index contributed by atoms with van der Waals surface area (Å²) in [6.45, 7) is 7.62. The van der Waals surface area contributed by atoms with E-state index in [1.54, 1.807) is 29.3 Å². The Balaban J connectivity index is 1.34. The van der Waals surface area contributed by atoms with Crippen LogP contribution < -0.4 is 19.5 Å². The van der Waals surface area contributed by atoms with E-state index in [4.69, 9.17) is 24.3 Å². The van der Waals surface area contributed by atoms with Gasteiger partial charge in [0.1, 0.15) is 22.9 Å². The van der Waals surface area contributed by atoms with E-state index in [-0.39, 0.29) is 18.8 Å². The molecule has 13 nitrogen and oxygen atoms in total. The van der Waals surface area contributed by atoms with Crippen LogP contribution in [0, 0.1) is 0 Å². The molecular weight excluding hydrogens is 538 g/mol. The number of rotatable bonds is 6. The highest BCUT2D eigenvalue weighted by Crippen LogP contribution is 2.39. The van der Waals surface area contributed by atoms with Gasteiger partial charge in [-0.05, 0) is 32.8 Å². The fourth-order valence-corrected chi connectivity index (χ4v) is 5.38. The lowest BCUT2D eigenvalue weighted by molar-refractivity contribution is 0.145. The number of piperidine rings is 1. The molecule has 0 unspecified atom stereocenters. The maximum Gasteiger partial charge on any atom is 0.240 e. The third-order valence-electron chi connectivity index (χ3n) is 7.61. The minimum Gasteiger partial charge on any atom is -0.490 e. The first-order valence-corrected chi connectivity index (χ1v) is 14.5. The maximum absolute atomic E-state index is 9.31. The fourth-order valence-electron chi connectivity index (χ4n) is 5.38. The number of nitrogens with one attached hydrogen (secondary N) is 1. The van der Waals surface area contributed by atoms with Crippen molar-refractivity contribution in [3.05, 3.63) is 36.9 Å². The number of nitrogens with zero attached hydrogens (tertiary/aromatic N) is 8. The van der Waals surface area contributed by atoms with Crippen molar-refractivity contribution < 1.29 is 19.3 Å². The van der Waals surface area contributed by atoms with E-state index in [1.165, 1.54) is 0 Å². The number of aryl methyl sites for hydroxylation is 1. The smallest absolute Gasteiger partial charge is 0.240 e. The van der Waals surface area contributed by atoms with E-state index >= 15 is 0 Å². The molecule has 6 rings (SSSR count). The number of hydrogen-bond acceptors (Lipinski definition) is 11. The monoisotopic (exact) mass is 575 g/mol. The molecule has 6 heterocycles. The van der Waals surface area contributed by atoms with Gasteiger partial charge >= 0.3 is 0 Å². The lowest BCUT2D eigenvalue weighted by atomic mass is 10.1. The van der Waals surface area contributed by atoms with Gasteiger partial charge in [-0.2, -0.15) is 5.10 Å². The summed E-state index contributed by atoms with van der Waals surface area (Å²) in [6, 6.07) is 3.92. The number of ether oxygens (including phenoxy) is 3. The maximum atomic E-state index is 9.31. The largest absolute Gasteiger partial charge is 0.490 e. The van der Waals surface area contributed by atoms with Crippen molar-refractivity contribution in [3.63, 3.8) is 0 Å². The Morgan fingerprint density at radius 2 is 1.95 bits per heavy atom. The summed E-state index contributed by atoms with van der Waals surface area (Å²) in [6.07, 6.45) is 9.62. The van der Waals surface area contributed by atoms with E-state index in [0.29, 0.717) is 61.1 Å². The summed E-state index contributed by atoms with van der Waals surface area (Å²) in [4.78, 5) is 16.1. The molecule has 4 bridgehead atoms. The molecule has 0 spiro atoms. The van der Waals surface area contributed by atoms with Crippen LogP contribution >= 0.6 is 0 Å². The Hall–Kier alpha value is -4.23. The third kappa shape index (κ3) is 5.88. The van der Waals surface area contributed by atoms with Gasteiger partial charge in [0, 0.05) is 63.3 Å². The van der Waals surface area contributed by atoms with Crippen molar-refractivity contribution in [1.29, 1.82) is 0 Å². The van der Waals surface area contributed by atoms with Gasteiger partial charge in [-0.25, -0.2) is 19.6 Å². The molecular formula is C29H37N9O4. The molecule has 0 saturated carbocycles. The van der Waals surface area contributed by atoms with Crippen LogP contribution in [-0.4, -0.2) is 90.1 Å². The molecule has 42 heavy (non-hydrogen) atoms. The highest BCUT2D eigenvalue weighted by molar-refractivity contribution is 5.75. The fraction of sp³-hybridized carbons (Fsp3) is 0.483. The Bertz CT molecular complexity index is 1510. The number of anilines is 2. The van der Waals surface area contributed by atoms with Crippen molar-refractivity contribution in [2.24, 2.45) is 7.05 Å². The van der Waals surface area contributed by atoms with Gasteiger partial charge in [-0.15, -0.1) is 5.10 Å². The summed E-state index contributed by atoms with van der Waals surface area (Å²) in [5.74, 6) is 3.50. The van der Waals surface area contributed by atoms with Gasteiger partial charge in [0.25, 0.3) is 0 Å². The molecule has 1 atom stereocenters. The minimum atomic E-state index is -0.158. The lowest BCUT2D eigenvalue weighted by Crippen LogP contribution is -2.36. The first-order chi connectivity index (χ1) is 20.5. The molecule has 0 aliphatic carbocycles. The second kappa shape index (κ2) is 12.3. The normalized spacial score (nSPS) is 17.9. The average Bonchev–Trinajstić information content (AvgIpc) is 3.57. The molecule has 2 aliphatic rings. The minimum absolute atomic E-state index is 0.158. The van der Waals surface area contributed by atoms with Gasteiger partial charge in [-0.1, -0.05) is 0 Å². The standard InChI is InChI=1S/C29H37N9O4/c1-4-40-28-23(18-38(35-28)20-6-10-37(11-7-20)12-13-39)21-16-31-26-15-24(21)42-19(2)8-14-41-29-22(17-32-36(29)3)27-30-9-5-25(33-26)34-27/h5,9,15-20,39H,4,6-8,10-14H2,1-3H3,(H,30,31,33,34)/t19-/m0/s1. The van der Waals surface area contributed by atoms with Gasteiger partial charge in [0.2, 0.25) is 11.8 Å². The van der Waals surface area contributed by atoms with Crippen LogP contribution in [0.25, 0.3) is 22.5 Å². The summed E-state index contributed by atoms with van der Waals surface area (Å²) in [5.41, 5.74) is 2.34. The third-order valence-corrected chi connectivity index (χ3v) is 7.61. The average molecular weight is 576 g/mol.